The van der Waals surface area contributed by atoms with Gasteiger partial charge in [0.15, 0.2) is 8.32 Å². The lowest BCUT2D eigenvalue weighted by Gasteiger charge is -2.43. The molecule has 0 spiro atoms. The van der Waals surface area contributed by atoms with Crippen LogP contribution in [0.4, 0.5) is 0 Å². The molecule has 190 valence electrons. The van der Waals surface area contributed by atoms with E-state index in [9.17, 15) is 0 Å². The summed E-state index contributed by atoms with van der Waals surface area (Å²) in [6, 6.07) is 21.7. The number of hydrogen-bond acceptors (Lipinski definition) is 3. The Morgan fingerprint density at radius 3 is 1.65 bits per heavy atom. The lowest BCUT2D eigenvalue weighted by atomic mass is 10.2. The van der Waals surface area contributed by atoms with Crippen LogP contribution >= 0.6 is 22.6 Å². The van der Waals surface area contributed by atoms with Crippen molar-refractivity contribution < 1.29 is 13.6 Å². The predicted molar refractivity (Wildman–Crippen MR) is 160 cm³/mol. The van der Waals surface area contributed by atoms with Gasteiger partial charge in [0.1, 0.15) is 0 Å². The molecule has 0 N–H and O–H groups in total. The molecule has 2 rings (SSSR count). The van der Waals surface area contributed by atoms with Crippen molar-refractivity contribution in [2.75, 3.05) is 24.2 Å². The van der Waals surface area contributed by atoms with Crippen LogP contribution in [0.15, 0.2) is 60.7 Å². The van der Waals surface area contributed by atoms with Crippen LogP contribution in [0.1, 0.15) is 48.0 Å². The molecule has 0 aliphatic heterocycles. The minimum Gasteiger partial charge on any atom is -0.417 e. The first-order chi connectivity index (χ1) is 15.8. The van der Waals surface area contributed by atoms with E-state index in [4.69, 9.17) is 13.6 Å². The highest BCUT2D eigenvalue weighted by atomic mass is 127. The summed E-state index contributed by atoms with van der Waals surface area (Å²) < 4.78 is 20.9. The van der Waals surface area contributed by atoms with Crippen molar-refractivity contribution in [3.05, 3.63) is 60.7 Å². The zero-order valence-corrected chi connectivity index (χ0v) is 26.6. The van der Waals surface area contributed by atoms with E-state index in [0.717, 1.165) is 17.5 Å². The molecular weight excluding hydrogens is 567 g/mol. The van der Waals surface area contributed by atoms with E-state index in [0.29, 0.717) is 13.2 Å². The first kappa shape index (κ1) is 29.7. The Balaban J connectivity index is 2.31. The minimum absolute atomic E-state index is 0.0150. The minimum atomic E-state index is -2.57. The third-order valence-electron chi connectivity index (χ3n) is 7.04. The van der Waals surface area contributed by atoms with Gasteiger partial charge in [0.2, 0.25) is 0 Å². The fourth-order valence-electron chi connectivity index (χ4n) is 4.07. The molecule has 2 aromatic carbocycles. The lowest BCUT2D eigenvalue weighted by molar-refractivity contribution is 0.0132. The first-order valence-corrected chi connectivity index (χ1v) is 18.8. The third-order valence-corrected chi connectivity index (χ3v) is 17.0. The normalized spacial score (nSPS) is 14.3. The van der Waals surface area contributed by atoms with E-state index >= 15 is 0 Å². The van der Waals surface area contributed by atoms with Gasteiger partial charge >= 0.3 is 0 Å². The highest BCUT2D eigenvalue weighted by Gasteiger charge is 2.50. The predicted octanol–water partition coefficient (Wildman–Crippen LogP) is 6.80. The topological polar surface area (TPSA) is 27.7 Å². The van der Waals surface area contributed by atoms with Gasteiger partial charge in [-0.25, -0.2) is 0 Å². The van der Waals surface area contributed by atoms with Crippen LogP contribution in [0, 0.1) is 0 Å². The van der Waals surface area contributed by atoms with E-state index in [-0.39, 0.29) is 16.2 Å². The molecule has 0 amide bonds. The van der Waals surface area contributed by atoms with Gasteiger partial charge < -0.3 is 13.6 Å². The average molecular weight is 613 g/mol. The van der Waals surface area contributed by atoms with Crippen molar-refractivity contribution in [1.82, 2.24) is 0 Å². The summed E-state index contributed by atoms with van der Waals surface area (Å²) in [7, 11) is -4.36. The van der Waals surface area contributed by atoms with Crippen molar-refractivity contribution in [1.29, 1.82) is 0 Å². The summed E-state index contributed by atoms with van der Waals surface area (Å²) in [6.07, 6.45) is 0.864. The monoisotopic (exact) mass is 612 g/mol. The molecule has 6 heteroatoms. The van der Waals surface area contributed by atoms with Crippen LogP contribution in [0.5, 0.6) is 0 Å². The lowest BCUT2D eigenvalue weighted by Crippen LogP contribution is -2.67. The number of benzene rings is 2. The van der Waals surface area contributed by atoms with Crippen molar-refractivity contribution in [2.45, 2.75) is 77.2 Å². The van der Waals surface area contributed by atoms with Gasteiger partial charge in [0.25, 0.3) is 8.32 Å². The Labute approximate surface area is 224 Å². The second kappa shape index (κ2) is 12.6. The van der Waals surface area contributed by atoms with Crippen molar-refractivity contribution in [3.8, 4) is 0 Å². The molecule has 0 saturated carbocycles. The van der Waals surface area contributed by atoms with E-state index in [2.05, 4.69) is 138 Å². The molecule has 1 atom stereocenters. The second-order valence-corrected chi connectivity index (χ2v) is 21.7. The molecule has 0 fully saturated rings. The van der Waals surface area contributed by atoms with Crippen LogP contribution in [0.25, 0.3) is 0 Å². The van der Waals surface area contributed by atoms with Crippen LogP contribution in [-0.4, -0.2) is 47.0 Å². The van der Waals surface area contributed by atoms with Crippen LogP contribution in [0.2, 0.25) is 23.2 Å². The molecule has 3 nitrogen and oxygen atoms in total. The van der Waals surface area contributed by atoms with Gasteiger partial charge in [-0.1, -0.05) is 125 Å². The van der Waals surface area contributed by atoms with Gasteiger partial charge in [0.05, 0.1) is 19.3 Å². The molecule has 0 heterocycles. The molecule has 0 aromatic heterocycles. The quantitative estimate of drug-likeness (QED) is 0.150. The first-order valence-electron chi connectivity index (χ1n) is 12.4. The summed E-state index contributed by atoms with van der Waals surface area (Å²) in [5.41, 5.74) is 0. The second-order valence-electron chi connectivity index (χ2n) is 11.6. The zero-order chi connectivity index (χ0) is 25.5. The van der Waals surface area contributed by atoms with Crippen LogP contribution in [0.3, 0.4) is 0 Å². The average Bonchev–Trinajstić information content (AvgIpc) is 2.77. The summed E-state index contributed by atoms with van der Waals surface area (Å²) in [4.78, 5) is 0. The van der Waals surface area contributed by atoms with E-state index in [1.165, 1.54) is 10.4 Å². The van der Waals surface area contributed by atoms with Crippen molar-refractivity contribution >= 4 is 49.6 Å². The maximum atomic E-state index is 7.14. The van der Waals surface area contributed by atoms with Gasteiger partial charge in [-0.2, -0.15) is 0 Å². The number of alkyl halides is 1. The number of ether oxygens (including phenoxy) is 1. The van der Waals surface area contributed by atoms with Crippen molar-refractivity contribution in [3.63, 3.8) is 0 Å². The van der Waals surface area contributed by atoms with E-state index in [1.807, 2.05) is 0 Å². The highest BCUT2D eigenvalue weighted by Crippen LogP contribution is 2.38. The van der Waals surface area contributed by atoms with E-state index < -0.39 is 16.6 Å². The Bertz CT molecular complexity index is 806. The summed E-state index contributed by atoms with van der Waals surface area (Å²) in [5.74, 6) is 0. The van der Waals surface area contributed by atoms with Crippen LogP contribution in [-0.2, 0) is 13.6 Å². The van der Waals surface area contributed by atoms with Gasteiger partial charge in [-0.05, 0) is 40.0 Å². The van der Waals surface area contributed by atoms with Gasteiger partial charge in [0, 0.05) is 11.0 Å². The molecule has 2 aromatic rings. The maximum absolute atomic E-state index is 7.14. The Morgan fingerprint density at radius 1 is 0.735 bits per heavy atom. The zero-order valence-electron chi connectivity index (χ0n) is 22.5. The summed E-state index contributed by atoms with van der Waals surface area (Å²) >= 11 is 2.38. The van der Waals surface area contributed by atoms with Gasteiger partial charge in [-0.15, -0.1) is 0 Å². The van der Waals surface area contributed by atoms with Crippen molar-refractivity contribution in [2.24, 2.45) is 0 Å². The maximum Gasteiger partial charge on any atom is 0.261 e. The Kier molecular flexibility index (Phi) is 11.0. The number of halogens is 1. The van der Waals surface area contributed by atoms with E-state index in [1.54, 1.807) is 0 Å². The summed E-state index contributed by atoms with van der Waals surface area (Å²) in [5, 5.41) is 2.77. The largest absolute Gasteiger partial charge is 0.417 e. The smallest absolute Gasteiger partial charge is 0.261 e. The highest BCUT2D eigenvalue weighted by molar-refractivity contribution is 14.1. The molecule has 0 aliphatic carbocycles. The molecular formula is C28H45IO3Si2. The fourth-order valence-corrected chi connectivity index (χ4v) is 9.97. The molecule has 0 bridgehead atoms. The molecule has 0 radical (unpaired) electrons. The molecule has 34 heavy (non-hydrogen) atoms. The standard InChI is InChI=1S/C28H45IO3Si2/c1-27(2,3)33(7,8)31-21-19-24(30-22-20-29)23-32-34(28(4,5)6,25-15-11-9-12-16-25)26-17-13-10-14-18-26/h9-18,24H,19-23H2,1-8H3. The number of hydrogen-bond donors (Lipinski definition) is 0. The Morgan fingerprint density at radius 2 is 1.24 bits per heavy atom. The molecule has 0 aliphatic rings. The van der Waals surface area contributed by atoms with Crippen LogP contribution < -0.4 is 10.4 Å². The number of rotatable bonds is 12. The summed E-state index contributed by atoms with van der Waals surface area (Å²) in [6.45, 7) is 20.5. The SMILES string of the molecule is CC(C)(C)[Si](C)(C)OCCC(CO[Si](c1ccccc1)(c1ccccc1)C(C)(C)C)OCCI. The molecule has 0 saturated heterocycles. The molecule has 1 unspecified atom stereocenters. The van der Waals surface area contributed by atoms with Gasteiger partial charge in [-0.3, -0.25) is 0 Å². The Hall–Kier alpha value is -0.516. The fraction of sp³-hybridized carbons (Fsp3) is 0.571. The third kappa shape index (κ3) is 7.49.